The number of carboxylic acid groups (broad SMARTS) is 2. The van der Waals surface area contributed by atoms with Crippen molar-refractivity contribution in [2.45, 2.75) is 0 Å². The van der Waals surface area contributed by atoms with Crippen molar-refractivity contribution in [2.24, 2.45) is 0 Å². The third kappa shape index (κ3) is 2.81. The van der Waals surface area contributed by atoms with Crippen molar-refractivity contribution in [2.75, 3.05) is 7.05 Å². The number of rotatable bonds is 5. The summed E-state index contributed by atoms with van der Waals surface area (Å²) >= 11 is 0. The Morgan fingerprint density at radius 1 is 1.15 bits per heavy atom. The van der Waals surface area contributed by atoms with Crippen LogP contribution in [0.15, 0.2) is 11.4 Å². The number of nitrogens with one attached hydrogen (secondary N) is 2. The van der Waals surface area contributed by atoms with Gasteiger partial charge in [-0.25, -0.2) is 9.59 Å². The predicted molar refractivity (Wildman–Crippen MR) is 40.6 cm³/mol. The predicted octanol–water partition coefficient (Wildman–Crippen LogP) is -1.67. The number of carbonyl (C=O) groups excluding carboxylic acids is 1. The molecule has 0 heterocycles. The molecular weight excluding hydrogens is 180 g/mol. The fourth-order valence-corrected chi connectivity index (χ4v) is 0.639. The molecule has 13 heavy (non-hydrogen) atoms. The Labute approximate surface area is 73.0 Å². The van der Waals surface area contributed by atoms with Crippen molar-refractivity contribution in [1.82, 2.24) is 10.6 Å². The summed E-state index contributed by atoms with van der Waals surface area (Å²) < 4.78 is 0. The van der Waals surface area contributed by atoms with Gasteiger partial charge < -0.3 is 20.8 Å². The van der Waals surface area contributed by atoms with Crippen molar-refractivity contribution in [3.8, 4) is 0 Å². The van der Waals surface area contributed by atoms with Gasteiger partial charge in [-0.1, -0.05) is 0 Å². The Hall–Kier alpha value is -2.05. The van der Waals surface area contributed by atoms with E-state index in [0.29, 0.717) is 0 Å². The van der Waals surface area contributed by atoms with Crippen LogP contribution in [0.3, 0.4) is 0 Å². The Morgan fingerprint density at radius 3 is 1.85 bits per heavy atom. The van der Waals surface area contributed by atoms with Gasteiger partial charge in [0.25, 0.3) is 0 Å². The first-order valence-electron chi connectivity index (χ1n) is 3.13. The van der Waals surface area contributed by atoms with Gasteiger partial charge in [0.05, 0.1) is 0 Å². The van der Waals surface area contributed by atoms with Crippen molar-refractivity contribution >= 4 is 18.3 Å². The molecule has 7 nitrogen and oxygen atoms in total. The van der Waals surface area contributed by atoms with Gasteiger partial charge in [0.15, 0.2) is 11.4 Å². The van der Waals surface area contributed by atoms with E-state index < -0.39 is 23.3 Å². The molecule has 0 aliphatic rings. The van der Waals surface area contributed by atoms with Crippen LogP contribution in [0.5, 0.6) is 0 Å². The summed E-state index contributed by atoms with van der Waals surface area (Å²) in [5.41, 5.74) is -1.29. The molecule has 0 aliphatic carbocycles. The van der Waals surface area contributed by atoms with Gasteiger partial charge in [0.2, 0.25) is 6.41 Å². The van der Waals surface area contributed by atoms with Crippen LogP contribution in [0.2, 0.25) is 0 Å². The van der Waals surface area contributed by atoms with E-state index >= 15 is 0 Å². The van der Waals surface area contributed by atoms with E-state index in [1.807, 2.05) is 0 Å². The highest BCUT2D eigenvalue weighted by molar-refractivity contribution is 5.99. The van der Waals surface area contributed by atoms with E-state index in [2.05, 4.69) is 5.32 Å². The van der Waals surface area contributed by atoms with Crippen LogP contribution >= 0.6 is 0 Å². The number of hydrogen-bond donors (Lipinski definition) is 4. The minimum absolute atomic E-state index is 0.0870. The molecule has 0 aliphatic heterocycles. The van der Waals surface area contributed by atoms with Gasteiger partial charge in [-0.2, -0.15) is 0 Å². The number of hydrogen-bond acceptors (Lipinski definition) is 4. The van der Waals surface area contributed by atoms with Gasteiger partial charge in [-0.3, -0.25) is 4.79 Å². The largest absolute Gasteiger partial charge is 0.477 e. The summed E-state index contributed by atoms with van der Waals surface area (Å²) in [7, 11) is 1.23. The van der Waals surface area contributed by atoms with Crippen molar-refractivity contribution in [1.29, 1.82) is 0 Å². The van der Waals surface area contributed by atoms with E-state index in [1.54, 1.807) is 5.32 Å². The van der Waals surface area contributed by atoms with Gasteiger partial charge >= 0.3 is 11.9 Å². The molecule has 0 unspecified atom stereocenters. The molecule has 0 bridgehead atoms. The zero-order valence-corrected chi connectivity index (χ0v) is 6.70. The molecule has 0 rings (SSSR count). The van der Waals surface area contributed by atoms with Crippen LogP contribution in [0.25, 0.3) is 0 Å². The molecule has 0 radical (unpaired) electrons. The van der Waals surface area contributed by atoms with Crippen molar-refractivity contribution < 1.29 is 24.6 Å². The zero-order valence-electron chi connectivity index (χ0n) is 6.70. The highest BCUT2D eigenvalue weighted by Gasteiger charge is 2.18. The lowest BCUT2D eigenvalue weighted by Gasteiger charge is -2.05. The molecule has 0 atom stereocenters. The SMILES string of the molecule is CN/C(C(=O)O)=C(\NC=O)C(=O)O. The number of amides is 1. The highest BCUT2D eigenvalue weighted by atomic mass is 16.4. The average molecular weight is 188 g/mol. The van der Waals surface area contributed by atoms with Crippen LogP contribution in [-0.4, -0.2) is 35.6 Å². The van der Waals surface area contributed by atoms with Crippen LogP contribution in [0, 0.1) is 0 Å². The molecule has 0 fully saturated rings. The molecule has 1 amide bonds. The van der Waals surface area contributed by atoms with Gasteiger partial charge in [0.1, 0.15) is 0 Å². The number of likely N-dealkylation sites (N-methyl/N-ethyl adjacent to an activating group) is 1. The van der Waals surface area contributed by atoms with Crippen LogP contribution in [0.4, 0.5) is 0 Å². The molecule has 0 aromatic rings. The Balaban J connectivity index is 5.11. The Kier molecular flexibility index (Phi) is 4.00. The summed E-state index contributed by atoms with van der Waals surface area (Å²) in [5, 5.41) is 20.9. The lowest BCUT2D eigenvalue weighted by Crippen LogP contribution is -2.29. The molecular formula is C6H8N2O5. The van der Waals surface area contributed by atoms with E-state index in [0.717, 1.165) is 0 Å². The van der Waals surface area contributed by atoms with E-state index in [1.165, 1.54) is 7.05 Å². The summed E-state index contributed by atoms with van der Waals surface area (Å²) in [5.74, 6) is -2.99. The lowest BCUT2D eigenvalue weighted by molar-refractivity contribution is -0.136. The molecule has 0 aromatic heterocycles. The summed E-state index contributed by atoms with van der Waals surface area (Å²) in [6.07, 6.45) is 0.0870. The van der Waals surface area contributed by atoms with Crippen molar-refractivity contribution in [3.63, 3.8) is 0 Å². The van der Waals surface area contributed by atoms with E-state index in [4.69, 9.17) is 10.2 Å². The second kappa shape index (κ2) is 4.75. The molecule has 0 aromatic carbocycles. The first kappa shape index (κ1) is 11.0. The fourth-order valence-electron chi connectivity index (χ4n) is 0.639. The molecule has 7 heteroatoms. The first-order chi connectivity index (χ1) is 6.04. The Morgan fingerprint density at radius 2 is 1.62 bits per heavy atom. The summed E-state index contributed by atoms with van der Waals surface area (Å²) in [6, 6.07) is 0. The zero-order chi connectivity index (χ0) is 10.4. The van der Waals surface area contributed by atoms with Gasteiger partial charge in [0, 0.05) is 7.05 Å². The quantitative estimate of drug-likeness (QED) is 0.303. The minimum Gasteiger partial charge on any atom is -0.477 e. The molecule has 72 valence electrons. The van der Waals surface area contributed by atoms with Crippen molar-refractivity contribution in [3.05, 3.63) is 11.4 Å². The topological polar surface area (TPSA) is 116 Å². The van der Waals surface area contributed by atoms with Gasteiger partial charge in [-0.05, 0) is 0 Å². The number of carbonyl (C=O) groups is 3. The minimum atomic E-state index is -1.53. The smallest absolute Gasteiger partial charge is 0.354 e. The van der Waals surface area contributed by atoms with E-state index in [9.17, 15) is 14.4 Å². The second-order valence-electron chi connectivity index (χ2n) is 1.87. The molecule has 0 saturated heterocycles. The first-order valence-corrected chi connectivity index (χ1v) is 3.13. The molecule has 0 spiro atoms. The van der Waals surface area contributed by atoms with Gasteiger partial charge in [-0.15, -0.1) is 0 Å². The third-order valence-electron chi connectivity index (χ3n) is 1.13. The fraction of sp³-hybridized carbons (Fsp3) is 0.167. The lowest BCUT2D eigenvalue weighted by atomic mass is 10.3. The average Bonchev–Trinajstić information content (AvgIpc) is 2.03. The monoisotopic (exact) mass is 188 g/mol. The van der Waals surface area contributed by atoms with E-state index in [-0.39, 0.29) is 6.41 Å². The van der Waals surface area contributed by atoms with Crippen LogP contribution in [0.1, 0.15) is 0 Å². The normalized spacial score (nSPS) is 11.2. The summed E-state index contributed by atoms with van der Waals surface area (Å²) in [6.45, 7) is 0. The standard InChI is InChI=1S/C6H8N2O5/c1-7-3(5(10)11)4(6(12)13)8-2-9/h2,7H,1H3,(H,8,9)(H,10,11)(H,12,13)/b4-3-. The third-order valence-corrected chi connectivity index (χ3v) is 1.13. The Bertz CT molecular complexity index is 270. The number of carboxylic acids is 2. The molecule has 0 saturated carbocycles. The summed E-state index contributed by atoms with van der Waals surface area (Å²) in [4.78, 5) is 30.8. The maximum atomic E-state index is 10.4. The number of aliphatic carboxylic acids is 2. The van der Waals surface area contributed by atoms with Crippen LogP contribution in [-0.2, 0) is 14.4 Å². The highest BCUT2D eigenvalue weighted by Crippen LogP contribution is 1.97. The second-order valence-corrected chi connectivity index (χ2v) is 1.87. The maximum absolute atomic E-state index is 10.4. The molecule has 4 N–H and O–H groups in total. The van der Waals surface area contributed by atoms with Crippen LogP contribution < -0.4 is 10.6 Å². The maximum Gasteiger partial charge on any atom is 0.354 e.